The van der Waals surface area contributed by atoms with Crippen molar-refractivity contribution < 1.29 is 4.79 Å². The minimum absolute atomic E-state index is 0.106. The van der Waals surface area contributed by atoms with Crippen molar-refractivity contribution >= 4 is 17.2 Å². The number of hydrogen-bond acceptors (Lipinski definition) is 3. The summed E-state index contributed by atoms with van der Waals surface area (Å²) in [4.78, 5) is 12.9. The molecule has 1 aromatic rings. The van der Waals surface area contributed by atoms with Gasteiger partial charge in [-0.1, -0.05) is 25.8 Å². The number of unbranched alkanes of at least 4 members (excludes halogenated alkanes) is 1. The van der Waals surface area contributed by atoms with Crippen LogP contribution in [-0.4, -0.2) is 25.0 Å². The second-order valence-corrected chi connectivity index (χ2v) is 7.03. The molecule has 1 heterocycles. The maximum Gasteiger partial charge on any atom is 0.261 e. The van der Waals surface area contributed by atoms with Gasteiger partial charge in [-0.3, -0.25) is 4.79 Å². The van der Waals surface area contributed by atoms with E-state index in [9.17, 15) is 4.79 Å². The van der Waals surface area contributed by atoms with Crippen LogP contribution in [0.25, 0.3) is 0 Å². The Morgan fingerprint density at radius 2 is 2.24 bits per heavy atom. The summed E-state index contributed by atoms with van der Waals surface area (Å²) >= 11 is 1.52. The molecule has 3 nitrogen and oxygen atoms in total. The number of carbonyl (C=O) groups is 1. The Labute approximate surface area is 132 Å². The van der Waals surface area contributed by atoms with Gasteiger partial charge in [0.15, 0.2) is 0 Å². The predicted octanol–water partition coefficient (Wildman–Crippen LogP) is 3.82. The van der Waals surface area contributed by atoms with Crippen molar-refractivity contribution in [2.75, 3.05) is 13.1 Å². The molecule has 2 N–H and O–H groups in total. The Morgan fingerprint density at radius 3 is 3.00 bits per heavy atom. The summed E-state index contributed by atoms with van der Waals surface area (Å²) in [6.45, 7) is 4.52. The molecule has 0 aromatic carbocycles. The van der Waals surface area contributed by atoms with Crippen LogP contribution in [0.3, 0.4) is 0 Å². The topological polar surface area (TPSA) is 41.1 Å². The lowest BCUT2D eigenvalue weighted by molar-refractivity contribution is 0.0937. The van der Waals surface area contributed by atoms with E-state index in [1.807, 2.05) is 17.5 Å². The second-order valence-electron chi connectivity index (χ2n) is 6.08. The maximum absolute atomic E-state index is 12.1. The van der Waals surface area contributed by atoms with E-state index in [0.717, 1.165) is 36.7 Å². The van der Waals surface area contributed by atoms with Crippen LogP contribution >= 0.6 is 11.3 Å². The molecule has 1 amide bonds. The van der Waals surface area contributed by atoms with E-state index in [1.54, 1.807) is 0 Å². The molecular formula is C17H28N2OS. The van der Waals surface area contributed by atoms with Gasteiger partial charge >= 0.3 is 0 Å². The number of nitrogens with one attached hydrogen (secondary N) is 2. The number of thiophene rings is 1. The molecule has 21 heavy (non-hydrogen) atoms. The number of carbonyl (C=O) groups excluding carboxylic acids is 1. The first-order chi connectivity index (χ1) is 10.3. The molecule has 1 fully saturated rings. The zero-order chi connectivity index (χ0) is 14.9. The van der Waals surface area contributed by atoms with Crippen molar-refractivity contribution in [3.05, 3.63) is 22.4 Å². The average Bonchev–Trinajstić information content (AvgIpc) is 2.94. The Morgan fingerprint density at radius 1 is 1.33 bits per heavy atom. The molecule has 0 radical (unpaired) electrons. The molecule has 0 aliphatic heterocycles. The van der Waals surface area contributed by atoms with Gasteiger partial charge in [-0.05, 0) is 62.6 Å². The largest absolute Gasteiger partial charge is 0.349 e. The van der Waals surface area contributed by atoms with Crippen LogP contribution in [0, 0.1) is 5.92 Å². The van der Waals surface area contributed by atoms with Crippen LogP contribution in [-0.2, 0) is 0 Å². The molecule has 1 aromatic heterocycles. The van der Waals surface area contributed by atoms with Gasteiger partial charge < -0.3 is 10.6 Å². The minimum atomic E-state index is 0.106. The Kier molecular flexibility index (Phi) is 7.24. The molecule has 2 rings (SSSR count). The zero-order valence-electron chi connectivity index (χ0n) is 13.1. The summed E-state index contributed by atoms with van der Waals surface area (Å²) in [5.74, 6) is 0.889. The van der Waals surface area contributed by atoms with Crippen molar-refractivity contribution in [1.82, 2.24) is 10.6 Å². The van der Waals surface area contributed by atoms with Gasteiger partial charge in [0.05, 0.1) is 4.88 Å². The molecular weight excluding hydrogens is 280 g/mol. The Balaban J connectivity index is 1.69. The molecule has 1 saturated carbocycles. The fourth-order valence-electron chi connectivity index (χ4n) is 3.00. The van der Waals surface area contributed by atoms with Crippen molar-refractivity contribution in [1.29, 1.82) is 0 Å². The summed E-state index contributed by atoms with van der Waals surface area (Å²) in [6, 6.07) is 4.20. The third-order valence-electron chi connectivity index (χ3n) is 4.31. The molecule has 4 heteroatoms. The highest BCUT2D eigenvalue weighted by Gasteiger charge is 2.20. The zero-order valence-corrected chi connectivity index (χ0v) is 13.9. The van der Waals surface area contributed by atoms with Crippen LogP contribution < -0.4 is 10.6 Å². The fraction of sp³-hybridized carbons (Fsp3) is 0.706. The van der Waals surface area contributed by atoms with Gasteiger partial charge in [-0.15, -0.1) is 11.3 Å². The van der Waals surface area contributed by atoms with Crippen molar-refractivity contribution in [2.24, 2.45) is 5.92 Å². The fourth-order valence-corrected chi connectivity index (χ4v) is 3.63. The summed E-state index contributed by atoms with van der Waals surface area (Å²) in [5.41, 5.74) is 0. The molecule has 1 aliphatic rings. The van der Waals surface area contributed by atoms with Gasteiger partial charge in [0, 0.05) is 6.04 Å². The van der Waals surface area contributed by atoms with Gasteiger partial charge in [-0.25, -0.2) is 0 Å². The normalized spacial score (nSPS) is 22.7. The standard InChI is InChI=1S/C17H28N2OS/c1-2-3-11-18-13-14-6-4-7-15(10-9-14)19-17(20)16-8-5-12-21-16/h5,8,12,14-15,18H,2-4,6-7,9-11,13H2,1H3,(H,19,20). The highest BCUT2D eigenvalue weighted by atomic mass is 32.1. The first-order valence-electron chi connectivity index (χ1n) is 8.34. The van der Waals surface area contributed by atoms with Crippen LogP contribution in [0.2, 0.25) is 0 Å². The molecule has 0 bridgehead atoms. The second kappa shape index (κ2) is 9.21. The third kappa shape index (κ3) is 5.79. The van der Waals surface area contributed by atoms with Gasteiger partial charge in [0.2, 0.25) is 0 Å². The van der Waals surface area contributed by atoms with E-state index in [2.05, 4.69) is 17.6 Å². The molecule has 2 atom stereocenters. The number of hydrogen-bond donors (Lipinski definition) is 2. The summed E-state index contributed by atoms with van der Waals surface area (Å²) in [5, 5.41) is 8.74. The van der Waals surface area contributed by atoms with E-state index in [-0.39, 0.29) is 5.91 Å². The van der Waals surface area contributed by atoms with Crippen LogP contribution in [0.1, 0.15) is 61.5 Å². The Hall–Kier alpha value is -0.870. The van der Waals surface area contributed by atoms with E-state index >= 15 is 0 Å². The third-order valence-corrected chi connectivity index (χ3v) is 5.18. The molecule has 0 spiro atoms. The highest BCUT2D eigenvalue weighted by Crippen LogP contribution is 2.23. The molecule has 2 unspecified atom stereocenters. The first-order valence-corrected chi connectivity index (χ1v) is 9.22. The lowest BCUT2D eigenvalue weighted by atomic mass is 10.0. The molecule has 118 valence electrons. The first kappa shape index (κ1) is 16.5. The van der Waals surface area contributed by atoms with Crippen LogP contribution in [0.15, 0.2) is 17.5 Å². The highest BCUT2D eigenvalue weighted by molar-refractivity contribution is 7.12. The molecule has 1 aliphatic carbocycles. The van der Waals surface area contributed by atoms with Crippen LogP contribution in [0.5, 0.6) is 0 Å². The lowest BCUT2D eigenvalue weighted by Gasteiger charge is -2.17. The van der Waals surface area contributed by atoms with Gasteiger partial charge in [0.25, 0.3) is 5.91 Å². The maximum atomic E-state index is 12.1. The average molecular weight is 308 g/mol. The SMILES string of the molecule is CCCCNCC1CCCC(NC(=O)c2cccs2)CC1. The summed E-state index contributed by atoms with van der Waals surface area (Å²) in [6.07, 6.45) is 8.54. The van der Waals surface area contributed by atoms with Crippen molar-refractivity contribution in [3.63, 3.8) is 0 Å². The molecule has 0 saturated heterocycles. The minimum Gasteiger partial charge on any atom is -0.349 e. The predicted molar refractivity (Wildman–Crippen MR) is 89.9 cm³/mol. The number of rotatable bonds is 7. The van der Waals surface area contributed by atoms with Crippen molar-refractivity contribution in [3.8, 4) is 0 Å². The quantitative estimate of drug-likeness (QED) is 0.594. The van der Waals surface area contributed by atoms with E-state index < -0.39 is 0 Å². The summed E-state index contributed by atoms with van der Waals surface area (Å²) in [7, 11) is 0. The smallest absolute Gasteiger partial charge is 0.261 e. The number of amides is 1. The van der Waals surface area contributed by atoms with E-state index in [0.29, 0.717) is 6.04 Å². The summed E-state index contributed by atoms with van der Waals surface area (Å²) < 4.78 is 0. The van der Waals surface area contributed by atoms with E-state index in [1.165, 1.54) is 43.4 Å². The Bertz CT molecular complexity index is 405. The van der Waals surface area contributed by atoms with Crippen LogP contribution in [0.4, 0.5) is 0 Å². The van der Waals surface area contributed by atoms with Crippen molar-refractivity contribution in [2.45, 2.75) is 57.9 Å². The monoisotopic (exact) mass is 308 g/mol. The van der Waals surface area contributed by atoms with E-state index in [4.69, 9.17) is 0 Å². The van der Waals surface area contributed by atoms with Gasteiger partial charge in [-0.2, -0.15) is 0 Å². The van der Waals surface area contributed by atoms with Gasteiger partial charge in [0.1, 0.15) is 0 Å². The lowest BCUT2D eigenvalue weighted by Crippen LogP contribution is -2.34.